The van der Waals surface area contributed by atoms with E-state index in [1.54, 1.807) is 5.57 Å². The van der Waals surface area contributed by atoms with E-state index in [0.717, 1.165) is 5.92 Å². The van der Waals surface area contributed by atoms with Crippen molar-refractivity contribution >= 4 is 0 Å². The average molecular weight is 136 g/mol. The van der Waals surface area contributed by atoms with Crippen molar-refractivity contribution in [3.05, 3.63) is 11.6 Å². The van der Waals surface area contributed by atoms with Crippen LogP contribution in [0.2, 0.25) is 0 Å². The van der Waals surface area contributed by atoms with Crippen LogP contribution in [0.4, 0.5) is 0 Å². The summed E-state index contributed by atoms with van der Waals surface area (Å²) >= 11 is 0. The fraction of sp³-hybridized carbons (Fsp3) is 0.800. The molecule has 0 saturated carbocycles. The minimum atomic E-state index is 0.978. The van der Waals surface area contributed by atoms with Gasteiger partial charge in [-0.3, -0.25) is 0 Å². The van der Waals surface area contributed by atoms with Gasteiger partial charge in [-0.25, -0.2) is 0 Å². The summed E-state index contributed by atoms with van der Waals surface area (Å²) in [5, 5.41) is 0. The zero-order valence-electron chi connectivity index (χ0n) is 6.60. The zero-order chi connectivity index (χ0) is 6.81. The Bertz CT molecular complexity index is 144. The molecule has 0 N–H and O–H groups in total. The lowest BCUT2D eigenvalue weighted by atomic mass is 9.90. The first-order chi connectivity index (χ1) is 4.95. The van der Waals surface area contributed by atoms with Gasteiger partial charge in [0.1, 0.15) is 0 Å². The predicted molar refractivity (Wildman–Crippen MR) is 43.9 cm³/mol. The van der Waals surface area contributed by atoms with Crippen LogP contribution in [0.15, 0.2) is 11.6 Å². The molecule has 0 spiro atoms. The summed E-state index contributed by atoms with van der Waals surface area (Å²) in [6, 6.07) is 0. The highest BCUT2D eigenvalue weighted by Gasteiger charge is 2.15. The maximum Gasteiger partial charge on any atom is -0.0231 e. The highest BCUT2D eigenvalue weighted by Crippen LogP contribution is 2.32. The van der Waals surface area contributed by atoms with E-state index in [1.807, 2.05) is 0 Å². The van der Waals surface area contributed by atoms with Crippen molar-refractivity contribution in [3.63, 3.8) is 0 Å². The lowest BCUT2D eigenvalue weighted by Crippen LogP contribution is -2.01. The molecule has 0 aliphatic heterocycles. The van der Waals surface area contributed by atoms with Crippen LogP contribution < -0.4 is 0 Å². The standard InChI is InChI=1S/C10H16/c1-2-5-10-7-3-6-9(4-1)8-10/h8-9H,1-7H2. The van der Waals surface area contributed by atoms with Crippen molar-refractivity contribution in [2.45, 2.75) is 44.9 Å². The molecule has 1 atom stereocenters. The predicted octanol–water partition coefficient (Wildman–Crippen LogP) is 3.29. The molecule has 0 heteroatoms. The Labute approximate surface area is 63.3 Å². The van der Waals surface area contributed by atoms with Crippen LogP contribution in [-0.4, -0.2) is 0 Å². The first kappa shape index (κ1) is 6.45. The Hall–Kier alpha value is -0.260. The van der Waals surface area contributed by atoms with E-state index in [9.17, 15) is 0 Å². The minimum Gasteiger partial charge on any atom is -0.0822 e. The summed E-state index contributed by atoms with van der Waals surface area (Å²) in [5.74, 6) is 0.978. The Morgan fingerprint density at radius 2 is 1.80 bits per heavy atom. The summed E-state index contributed by atoms with van der Waals surface area (Å²) in [6.45, 7) is 0. The highest BCUT2D eigenvalue weighted by atomic mass is 14.2. The van der Waals surface area contributed by atoms with Gasteiger partial charge >= 0.3 is 0 Å². The van der Waals surface area contributed by atoms with E-state index in [-0.39, 0.29) is 0 Å². The Morgan fingerprint density at radius 3 is 2.80 bits per heavy atom. The van der Waals surface area contributed by atoms with E-state index in [0.29, 0.717) is 0 Å². The van der Waals surface area contributed by atoms with Crippen LogP contribution in [0.25, 0.3) is 0 Å². The van der Waals surface area contributed by atoms with Gasteiger partial charge in [0.15, 0.2) is 0 Å². The van der Waals surface area contributed by atoms with Gasteiger partial charge in [0.25, 0.3) is 0 Å². The molecule has 0 nitrogen and oxygen atoms in total. The van der Waals surface area contributed by atoms with Crippen molar-refractivity contribution < 1.29 is 0 Å². The first-order valence-electron chi connectivity index (χ1n) is 4.65. The second-order valence-corrected chi connectivity index (χ2v) is 3.72. The monoisotopic (exact) mass is 136 g/mol. The second-order valence-electron chi connectivity index (χ2n) is 3.72. The van der Waals surface area contributed by atoms with Crippen molar-refractivity contribution in [2.24, 2.45) is 5.92 Å². The van der Waals surface area contributed by atoms with Crippen molar-refractivity contribution in [1.82, 2.24) is 0 Å². The maximum absolute atomic E-state index is 2.57. The number of rotatable bonds is 0. The van der Waals surface area contributed by atoms with Gasteiger partial charge in [-0.2, -0.15) is 0 Å². The van der Waals surface area contributed by atoms with Gasteiger partial charge in [-0.15, -0.1) is 0 Å². The molecular weight excluding hydrogens is 120 g/mol. The van der Waals surface area contributed by atoms with E-state index < -0.39 is 0 Å². The van der Waals surface area contributed by atoms with Crippen molar-refractivity contribution in [3.8, 4) is 0 Å². The molecule has 0 aromatic heterocycles. The van der Waals surface area contributed by atoms with Crippen LogP contribution >= 0.6 is 0 Å². The van der Waals surface area contributed by atoms with E-state index in [2.05, 4.69) is 6.08 Å². The van der Waals surface area contributed by atoms with E-state index >= 15 is 0 Å². The molecule has 0 aromatic carbocycles. The molecule has 0 saturated heterocycles. The number of allylic oxidation sites excluding steroid dienone is 2. The topological polar surface area (TPSA) is 0 Å². The van der Waals surface area contributed by atoms with Crippen LogP contribution in [-0.2, 0) is 0 Å². The minimum absolute atomic E-state index is 0.978. The molecule has 0 amide bonds. The van der Waals surface area contributed by atoms with Crippen LogP contribution in [0.5, 0.6) is 0 Å². The SMILES string of the molecule is C1=C2CCCCC1CCC2. The number of fused-ring (bicyclic) bond motifs is 1. The molecule has 0 heterocycles. The Balaban J connectivity index is 2.10. The van der Waals surface area contributed by atoms with E-state index in [1.165, 1.54) is 44.9 Å². The maximum atomic E-state index is 2.57. The quantitative estimate of drug-likeness (QED) is 0.448. The highest BCUT2D eigenvalue weighted by molar-refractivity contribution is 5.09. The van der Waals surface area contributed by atoms with Crippen LogP contribution in [0.3, 0.4) is 0 Å². The second kappa shape index (κ2) is 2.77. The molecule has 0 fully saturated rings. The van der Waals surface area contributed by atoms with Gasteiger partial charge in [0.05, 0.1) is 0 Å². The van der Waals surface area contributed by atoms with Crippen LogP contribution in [0, 0.1) is 5.92 Å². The lowest BCUT2D eigenvalue weighted by Gasteiger charge is -2.16. The fourth-order valence-corrected chi connectivity index (χ4v) is 2.29. The van der Waals surface area contributed by atoms with Crippen molar-refractivity contribution in [1.29, 1.82) is 0 Å². The summed E-state index contributed by atoms with van der Waals surface area (Å²) in [6.07, 6.45) is 12.8. The summed E-state index contributed by atoms with van der Waals surface area (Å²) < 4.78 is 0. The van der Waals surface area contributed by atoms with Gasteiger partial charge < -0.3 is 0 Å². The largest absolute Gasteiger partial charge is 0.0822 e. The number of hydrogen-bond donors (Lipinski definition) is 0. The van der Waals surface area contributed by atoms with Gasteiger partial charge in [-0.05, 0) is 44.4 Å². The molecule has 2 bridgehead atoms. The smallest absolute Gasteiger partial charge is 0.0231 e. The lowest BCUT2D eigenvalue weighted by molar-refractivity contribution is 0.500. The Morgan fingerprint density at radius 1 is 1.00 bits per heavy atom. The molecule has 0 aromatic rings. The van der Waals surface area contributed by atoms with E-state index in [4.69, 9.17) is 0 Å². The molecular formula is C10H16. The molecule has 0 radical (unpaired) electrons. The summed E-state index contributed by atoms with van der Waals surface area (Å²) in [4.78, 5) is 0. The number of hydrogen-bond acceptors (Lipinski definition) is 0. The van der Waals surface area contributed by atoms with Gasteiger partial charge in [-0.1, -0.05) is 18.1 Å². The third-order valence-electron chi connectivity index (χ3n) is 2.87. The average Bonchev–Trinajstić information content (AvgIpc) is 2.12. The van der Waals surface area contributed by atoms with Crippen molar-refractivity contribution in [2.75, 3.05) is 0 Å². The fourth-order valence-electron chi connectivity index (χ4n) is 2.29. The third kappa shape index (κ3) is 1.25. The van der Waals surface area contributed by atoms with Crippen LogP contribution in [0.1, 0.15) is 44.9 Å². The first-order valence-corrected chi connectivity index (χ1v) is 4.65. The summed E-state index contributed by atoms with van der Waals surface area (Å²) in [5.41, 5.74) is 1.77. The molecule has 2 aliphatic carbocycles. The molecule has 2 rings (SSSR count). The normalized spacial score (nSPS) is 32.8. The molecule has 2 aliphatic rings. The molecule has 56 valence electrons. The molecule has 1 unspecified atom stereocenters. The van der Waals surface area contributed by atoms with Gasteiger partial charge in [0.2, 0.25) is 0 Å². The third-order valence-corrected chi connectivity index (χ3v) is 2.87. The van der Waals surface area contributed by atoms with Gasteiger partial charge in [0, 0.05) is 0 Å². The zero-order valence-corrected chi connectivity index (χ0v) is 6.60. The Kier molecular flexibility index (Phi) is 1.79. The molecule has 10 heavy (non-hydrogen) atoms. The summed E-state index contributed by atoms with van der Waals surface area (Å²) in [7, 11) is 0.